The van der Waals surface area contributed by atoms with Crippen molar-refractivity contribution in [2.45, 2.75) is 12.6 Å². The van der Waals surface area contributed by atoms with Gasteiger partial charge in [-0.2, -0.15) is 0 Å². The lowest BCUT2D eigenvalue weighted by atomic mass is 10.0. The minimum atomic E-state index is -0.292. The molecular formula is C18H21N5O2. The first-order valence-electron chi connectivity index (χ1n) is 8.22. The fourth-order valence-corrected chi connectivity index (χ4v) is 3.12. The zero-order valence-electron chi connectivity index (χ0n) is 14.1. The van der Waals surface area contributed by atoms with Crippen molar-refractivity contribution in [2.75, 3.05) is 20.1 Å². The SMILES string of the molecule is CNC(=O)[C@H]1CN(Cc2ccccc2)C[C@@H]1NC(=O)c1ccncn1. The Kier molecular flexibility index (Phi) is 5.35. The quantitative estimate of drug-likeness (QED) is 0.826. The highest BCUT2D eigenvalue weighted by Gasteiger charge is 2.38. The molecule has 1 fully saturated rings. The van der Waals surface area contributed by atoms with Gasteiger partial charge in [0.05, 0.1) is 12.0 Å². The molecule has 0 aliphatic carbocycles. The Balaban J connectivity index is 1.69. The lowest BCUT2D eigenvalue weighted by Crippen LogP contribution is -2.45. The molecule has 2 N–H and O–H groups in total. The predicted octanol–water partition coefficient (Wildman–Crippen LogP) is 0.453. The zero-order valence-corrected chi connectivity index (χ0v) is 14.1. The lowest BCUT2D eigenvalue weighted by Gasteiger charge is -2.18. The number of rotatable bonds is 5. The third-order valence-electron chi connectivity index (χ3n) is 4.36. The molecule has 2 atom stereocenters. The van der Waals surface area contributed by atoms with Gasteiger partial charge < -0.3 is 10.6 Å². The van der Waals surface area contributed by atoms with Gasteiger partial charge in [0.25, 0.3) is 5.91 Å². The van der Waals surface area contributed by atoms with E-state index in [0.29, 0.717) is 18.8 Å². The molecule has 2 amide bonds. The van der Waals surface area contributed by atoms with Crippen molar-refractivity contribution in [3.05, 3.63) is 60.2 Å². The molecule has 2 aromatic rings. The molecule has 7 nitrogen and oxygen atoms in total. The van der Waals surface area contributed by atoms with E-state index in [2.05, 4.69) is 37.6 Å². The molecule has 0 spiro atoms. The maximum atomic E-state index is 12.4. The highest BCUT2D eigenvalue weighted by molar-refractivity contribution is 5.93. The van der Waals surface area contributed by atoms with E-state index in [9.17, 15) is 9.59 Å². The van der Waals surface area contributed by atoms with Crippen LogP contribution in [0.3, 0.4) is 0 Å². The van der Waals surface area contributed by atoms with E-state index in [4.69, 9.17) is 0 Å². The Labute approximate surface area is 146 Å². The largest absolute Gasteiger partial charge is 0.359 e. The second-order valence-electron chi connectivity index (χ2n) is 6.07. The van der Waals surface area contributed by atoms with E-state index < -0.39 is 0 Å². The van der Waals surface area contributed by atoms with Crippen LogP contribution in [-0.4, -0.2) is 52.9 Å². The molecule has 0 saturated carbocycles. The summed E-state index contributed by atoms with van der Waals surface area (Å²) in [6, 6.07) is 11.4. The number of nitrogens with zero attached hydrogens (tertiary/aromatic N) is 3. The van der Waals surface area contributed by atoms with Gasteiger partial charge in [-0.25, -0.2) is 9.97 Å². The molecule has 0 bridgehead atoms. The van der Waals surface area contributed by atoms with Crippen LogP contribution in [0.15, 0.2) is 48.9 Å². The molecule has 0 unspecified atom stereocenters. The summed E-state index contributed by atoms with van der Waals surface area (Å²) in [6.45, 7) is 1.96. The van der Waals surface area contributed by atoms with Crippen molar-refractivity contribution in [3.8, 4) is 0 Å². The van der Waals surface area contributed by atoms with Crippen LogP contribution in [0.25, 0.3) is 0 Å². The molecule has 1 saturated heterocycles. The summed E-state index contributed by atoms with van der Waals surface area (Å²) in [5, 5.41) is 5.64. The third-order valence-corrected chi connectivity index (χ3v) is 4.36. The van der Waals surface area contributed by atoms with Gasteiger partial charge >= 0.3 is 0 Å². The minimum absolute atomic E-state index is 0.0662. The van der Waals surface area contributed by atoms with Gasteiger partial charge in [0.2, 0.25) is 5.91 Å². The number of carbonyl (C=O) groups is 2. The molecule has 1 aromatic heterocycles. The van der Waals surface area contributed by atoms with Crippen LogP contribution in [-0.2, 0) is 11.3 Å². The van der Waals surface area contributed by atoms with E-state index in [1.54, 1.807) is 13.1 Å². The first-order chi connectivity index (χ1) is 12.2. The molecule has 2 heterocycles. The molecule has 3 rings (SSSR count). The van der Waals surface area contributed by atoms with Crippen LogP contribution in [0.4, 0.5) is 0 Å². The summed E-state index contributed by atoms with van der Waals surface area (Å²) in [7, 11) is 1.62. The van der Waals surface area contributed by atoms with E-state index >= 15 is 0 Å². The van der Waals surface area contributed by atoms with Gasteiger partial charge in [-0.3, -0.25) is 14.5 Å². The molecule has 130 valence electrons. The highest BCUT2D eigenvalue weighted by atomic mass is 16.2. The van der Waals surface area contributed by atoms with Crippen LogP contribution < -0.4 is 10.6 Å². The van der Waals surface area contributed by atoms with Gasteiger partial charge in [-0.15, -0.1) is 0 Å². The maximum absolute atomic E-state index is 12.4. The Morgan fingerprint density at radius 1 is 1.20 bits per heavy atom. The van der Waals surface area contributed by atoms with E-state index in [1.165, 1.54) is 18.1 Å². The highest BCUT2D eigenvalue weighted by Crippen LogP contribution is 2.20. The average molecular weight is 339 g/mol. The molecule has 0 radical (unpaired) electrons. The predicted molar refractivity (Wildman–Crippen MR) is 92.6 cm³/mol. The van der Waals surface area contributed by atoms with Gasteiger partial charge in [0.1, 0.15) is 12.0 Å². The fraction of sp³-hybridized carbons (Fsp3) is 0.333. The summed E-state index contributed by atoms with van der Waals surface area (Å²) in [5.74, 6) is -0.647. The first kappa shape index (κ1) is 17.0. The van der Waals surface area contributed by atoms with Crippen LogP contribution in [0.1, 0.15) is 16.1 Å². The third kappa shape index (κ3) is 4.19. The Morgan fingerprint density at radius 2 is 2.00 bits per heavy atom. The summed E-state index contributed by atoms with van der Waals surface area (Å²) >= 11 is 0. The van der Waals surface area contributed by atoms with Crippen molar-refractivity contribution in [1.29, 1.82) is 0 Å². The van der Waals surface area contributed by atoms with Crippen LogP contribution in [0.5, 0.6) is 0 Å². The van der Waals surface area contributed by atoms with Crippen molar-refractivity contribution in [1.82, 2.24) is 25.5 Å². The van der Waals surface area contributed by atoms with E-state index in [-0.39, 0.29) is 23.8 Å². The van der Waals surface area contributed by atoms with Crippen LogP contribution in [0, 0.1) is 5.92 Å². The Bertz CT molecular complexity index is 723. The summed E-state index contributed by atoms with van der Waals surface area (Å²) < 4.78 is 0. The van der Waals surface area contributed by atoms with Gasteiger partial charge in [0, 0.05) is 32.9 Å². The number of likely N-dealkylation sites (tertiary alicyclic amines) is 1. The molecule has 1 aromatic carbocycles. The van der Waals surface area contributed by atoms with Crippen molar-refractivity contribution in [2.24, 2.45) is 5.92 Å². The first-order valence-corrected chi connectivity index (χ1v) is 8.22. The maximum Gasteiger partial charge on any atom is 0.270 e. The van der Waals surface area contributed by atoms with Gasteiger partial charge in [0.15, 0.2) is 0 Å². The summed E-state index contributed by atoms with van der Waals surface area (Å²) in [6.07, 6.45) is 2.86. The Morgan fingerprint density at radius 3 is 2.68 bits per heavy atom. The van der Waals surface area contributed by atoms with Crippen molar-refractivity contribution in [3.63, 3.8) is 0 Å². The van der Waals surface area contributed by atoms with E-state index in [0.717, 1.165) is 6.54 Å². The molecule has 1 aliphatic rings. The molecular weight excluding hydrogens is 318 g/mol. The number of hydrogen-bond donors (Lipinski definition) is 2. The number of hydrogen-bond acceptors (Lipinski definition) is 5. The smallest absolute Gasteiger partial charge is 0.270 e. The number of nitrogens with one attached hydrogen (secondary N) is 2. The Hall–Kier alpha value is -2.80. The number of amides is 2. The standard InChI is InChI=1S/C18H21N5O2/c1-19-17(24)14-10-23(9-13-5-3-2-4-6-13)11-16(14)22-18(25)15-7-8-20-12-21-15/h2-8,12,14,16H,9-11H2,1H3,(H,19,24)(H,22,25)/t14-,16-/m0/s1. The average Bonchev–Trinajstić information content (AvgIpc) is 3.04. The van der Waals surface area contributed by atoms with Crippen LogP contribution >= 0.6 is 0 Å². The van der Waals surface area contributed by atoms with Gasteiger partial charge in [-0.05, 0) is 11.6 Å². The topological polar surface area (TPSA) is 87.2 Å². The number of carbonyl (C=O) groups excluding carboxylic acids is 2. The zero-order chi connectivity index (χ0) is 17.6. The van der Waals surface area contributed by atoms with E-state index in [1.807, 2.05) is 18.2 Å². The lowest BCUT2D eigenvalue weighted by molar-refractivity contribution is -0.124. The molecule has 25 heavy (non-hydrogen) atoms. The number of aromatic nitrogens is 2. The second kappa shape index (κ2) is 7.85. The monoisotopic (exact) mass is 339 g/mol. The fourth-order valence-electron chi connectivity index (χ4n) is 3.12. The summed E-state index contributed by atoms with van der Waals surface area (Å²) in [4.78, 5) is 34.5. The van der Waals surface area contributed by atoms with Crippen molar-refractivity contribution < 1.29 is 9.59 Å². The van der Waals surface area contributed by atoms with Crippen LogP contribution in [0.2, 0.25) is 0 Å². The van der Waals surface area contributed by atoms with Crippen molar-refractivity contribution >= 4 is 11.8 Å². The minimum Gasteiger partial charge on any atom is -0.359 e. The normalized spacial score (nSPS) is 20.2. The summed E-state index contributed by atoms with van der Waals surface area (Å²) in [5.41, 5.74) is 1.48. The molecule has 1 aliphatic heterocycles. The molecule has 7 heteroatoms. The number of benzene rings is 1. The van der Waals surface area contributed by atoms with Gasteiger partial charge in [-0.1, -0.05) is 30.3 Å². The second-order valence-corrected chi connectivity index (χ2v) is 6.07.